The molecule has 0 bridgehead atoms. The molecule has 1 heterocycles. The lowest BCUT2D eigenvalue weighted by Gasteiger charge is -2.09. The Balaban J connectivity index is 1.75. The Morgan fingerprint density at radius 2 is 1.14 bits per heavy atom. The molecule has 1 aromatic heterocycles. The van der Waals surface area contributed by atoms with Crippen molar-refractivity contribution in [1.82, 2.24) is 4.98 Å². The van der Waals surface area contributed by atoms with E-state index in [9.17, 15) is 5.26 Å². The van der Waals surface area contributed by atoms with Crippen molar-refractivity contribution >= 4 is 0 Å². The summed E-state index contributed by atoms with van der Waals surface area (Å²) in [5, 5.41) is 18.4. The van der Waals surface area contributed by atoms with Crippen LogP contribution in [0.2, 0.25) is 0 Å². The van der Waals surface area contributed by atoms with E-state index < -0.39 is 0 Å². The fourth-order valence-corrected chi connectivity index (χ4v) is 3.18. The maximum Gasteiger partial charge on any atom is 0.101 e. The summed E-state index contributed by atoms with van der Waals surface area (Å²) in [6, 6.07) is 31.8. The third kappa shape index (κ3) is 3.38. The summed E-state index contributed by atoms with van der Waals surface area (Å²) in [5.74, 6) is 0. The number of hydrogen-bond acceptors (Lipinski definition) is 3. The van der Waals surface area contributed by atoms with E-state index >= 15 is 0 Å². The first-order valence-corrected chi connectivity index (χ1v) is 8.85. The van der Waals surface area contributed by atoms with E-state index in [4.69, 9.17) is 5.26 Å². The molecule has 3 nitrogen and oxygen atoms in total. The molecule has 0 atom stereocenters. The molecule has 0 fully saturated rings. The number of hydrogen-bond donors (Lipinski definition) is 0. The Hall–Kier alpha value is -4.21. The molecule has 0 radical (unpaired) electrons. The van der Waals surface area contributed by atoms with E-state index in [1.54, 1.807) is 18.3 Å². The monoisotopic (exact) mass is 357 g/mol. The van der Waals surface area contributed by atoms with Gasteiger partial charge in [-0.2, -0.15) is 10.5 Å². The highest BCUT2D eigenvalue weighted by atomic mass is 14.7. The fourth-order valence-electron chi connectivity index (χ4n) is 3.18. The van der Waals surface area contributed by atoms with Crippen molar-refractivity contribution in [2.45, 2.75) is 0 Å². The minimum Gasteiger partial charge on any atom is -0.256 e. The number of nitrogens with zero attached hydrogens (tertiary/aromatic N) is 3. The number of aromatic nitrogens is 1. The zero-order valence-corrected chi connectivity index (χ0v) is 15.0. The summed E-state index contributed by atoms with van der Waals surface area (Å²) < 4.78 is 0. The van der Waals surface area contributed by atoms with Gasteiger partial charge >= 0.3 is 0 Å². The average molecular weight is 357 g/mol. The van der Waals surface area contributed by atoms with Crippen LogP contribution in [0, 0.1) is 22.7 Å². The first-order chi connectivity index (χ1) is 13.8. The van der Waals surface area contributed by atoms with Gasteiger partial charge in [-0.15, -0.1) is 0 Å². The highest BCUT2D eigenvalue weighted by Crippen LogP contribution is 2.29. The Labute approximate surface area is 163 Å². The largest absolute Gasteiger partial charge is 0.256 e. The molecule has 0 aliphatic rings. The standard InChI is InChI=1S/C25H15N3/c26-16-23-11-10-21(15-24(23)17-27)19-6-3-5-18(13-19)20-7-4-8-22(14-20)25-9-1-2-12-28-25/h1-15H. The van der Waals surface area contributed by atoms with Crippen molar-refractivity contribution in [2.24, 2.45) is 0 Å². The molecular formula is C25H15N3. The smallest absolute Gasteiger partial charge is 0.101 e. The molecule has 0 aliphatic heterocycles. The predicted octanol–water partition coefficient (Wildman–Crippen LogP) is 5.83. The molecule has 3 aromatic carbocycles. The van der Waals surface area contributed by atoms with Crippen LogP contribution < -0.4 is 0 Å². The molecule has 4 aromatic rings. The molecule has 0 spiro atoms. The minimum absolute atomic E-state index is 0.391. The van der Waals surface area contributed by atoms with Gasteiger partial charge in [0.1, 0.15) is 12.1 Å². The Kier molecular flexibility index (Phi) is 4.66. The maximum atomic E-state index is 9.29. The van der Waals surface area contributed by atoms with Gasteiger partial charge in [-0.25, -0.2) is 0 Å². The van der Waals surface area contributed by atoms with Crippen LogP contribution >= 0.6 is 0 Å². The van der Waals surface area contributed by atoms with Gasteiger partial charge in [0.2, 0.25) is 0 Å². The summed E-state index contributed by atoms with van der Waals surface area (Å²) in [4.78, 5) is 4.43. The van der Waals surface area contributed by atoms with Crippen LogP contribution in [-0.4, -0.2) is 4.98 Å². The summed E-state index contributed by atoms with van der Waals surface area (Å²) in [7, 11) is 0. The SMILES string of the molecule is N#Cc1ccc(-c2cccc(-c3cccc(-c4ccccn4)c3)c2)cc1C#N. The van der Waals surface area contributed by atoms with E-state index in [1.165, 1.54) is 0 Å². The summed E-state index contributed by atoms with van der Waals surface area (Å²) >= 11 is 0. The maximum absolute atomic E-state index is 9.29. The zero-order valence-electron chi connectivity index (χ0n) is 15.0. The van der Waals surface area contributed by atoms with Crippen molar-refractivity contribution < 1.29 is 0 Å². The highest BCUT2D eigenvalue weighted by Gasteiger charge is 2.07. The van der Waals surface area contributed by atoms with Crippen LogP contribution in [0.25, 0.3) is 33.5 Å². The fraction of sp³-hybridized carbons (Fsp3) is 0. The second-order valence-corrected chi connectivity index (χ2v) is 6.36. The highest BCUT2D eigenvalue weighted by molar-refractivity contribution is 5.77. The van der Waals surface area contributed by atoms with Gasteiger partial charge in [0.05, 0.1) is 16.8 Å². The summed E-state index contributed by atoms with van der Waals surface area (Å²) in [6.07, 6.45) is 1.79. The molecule has 0 aliphatic carbocycles. The first kappa shape index (κ1) is 17.2. The Morgan fingerprint density at radius 1 is 0.536 bits per heavy atom. The average Bonchev–Trinajstić information content (AvgIpc) is 2.79. The van der Waals surface area contributed by atoms with Crippen molar-refractivity contribution in [3.8, 4) is 45.6 Å². The third-order valence-corrected chi connectivity index (χ3v) is 4.61. The van der Waals surface area contributed by atoms with Crippen molar-refractivity contribution in [1.29, 1.82) is 10.5 Å². The first-order valence-electron chi connectivity index (χ1n) is 8.85. The molecule has 28 heavy (non-hydrogen) atoms. The van der Waals surface area contributed by atoms with Gasteiger partial charge in [-0.05, 0) is 58.7 Å². The van der Waals surface area contributed by atoms with Crippen molar-refractivity contribution in [2.75, 3.05) is 0 Å². The van der Waals surface area contributed by atoms with Gasteiger partial charge < -0.3 is 0 Å². The Bertz CT molecular complexity index is 1230. The number of rotatable bonds is 3. The quantitative estimate of drug-likeness (QED) is 0.464. The molecule has 0 saturated heterocycles. The molecule has 3 heteroatoms. The van der Waals surface area contributed by atoms with Crippen LogP contribution in [-0.2, 0) is 0 Å². The molecule has 4 rings (SSSR count). The molecule has 130 valence electrons. The molecule has 0 unspecified atom stereocenters. The number of pyridine rings is 1. The molecular weight excluding hydrogens is 342 g/mol. The van der Waals surface area contributed by atoms with Crippen LogP contribution in [0.15, 0.2) is 91.1 Å². The van der Waals surface area contributed by atoms with E-state index in [2.05, 4.69) is 47.5 Å². The van der Waals surface area contributed by atoms with E-state index in [1.807, 2.05) is 42.5 Å². The lowest BCUT2D eigenvalue weighted by Crippen LogP contribution is -1.87. The number of benzene rings is 3. The summed E-state index contributed by atoms with van der Waals surface area (Å²) in [5.41, 5.74) is 6.88. The van der Waals surface area contributed by atoms with Gasteiger partial charge in [-0.3, -0.25) is 4.98 Å². The van der Waals surface area contributed by atoms with Crippen LogP contribution in [0.3, 0.4) is 0 Å². The second-order valence-electron chi connectivity index (χ2n) is 6.36. The lowest BCUT2D eigenvalue weighted by molar-refractivity contribution is 1.33. The van der Waals surface area contributed by atoms with Crippen molar-refractivity contribution in [3.63, 3.8) is 0 Å². The van der Waals surface area contributed by atoms with E-state index in [0.29, 0.717) is 11.1 Å². The zero-order chi connectivity index (χ0) is 19.3. The normalized spacial score (nSPS) is 10.1. The van der Waals surface area contributed by atoms with Gasteiger partial charge in [-0.1, -0.05) is 48.5 Å². The molecule has 0 saturated carbocycles. The van der Waals surface area contributed by atoms with E-state index in [0.717, 1.165) is 33.5 Å². The second kappa shape index (κ2) is 7.58. The van der Waals surface area contributed by atoms with Crippen LogP contribution in [0.4, 0.5) is 0 Å². The van der Waals surface area contributed by atoms with Gasteiger partial charge in [0.15, 0.2) is 0 Å². The van der Waals surface area contributed by atoms with Gasteiger partial charge in [0, 0.05) is 11.8 Å². The molecule has 0 N–H and O–H groups in total. The third-order valence-electron chi connectivity index (χ3n) is 4.61. The van der Waals surface area contributed by atoms with Crippen LogP contribution in [0.5, 0.6) is 0 Å². The minimum atomic E-state index is 0.391. The molecule has 0 amide bonds. The van der Waals surface area contributed by atoms with E-state index in [-0.39, 0.29) is 0 Å². The predicted molar refractivity (Wildman–Crippen MR) is 110 cm³/mol. The van der Waals surface area contributed by atoms with Gasteiger partial charge in [0.25, 0.3) is 0 Å². The topological polar surface area (TPSA) is 60.5 Å². The number of nitriles is 2. The Morgan fingerprint density at radius 3 is 1.75 bits per heavy atom. The lowest BCUT2D eigenvalue weighted by atomic mass is 9.95. The van der Waals surface area contributed by atoms with Crippen molar-refractivity contribution in [3.05, 3.63) is 102 Å². The van der Waals surface area contributed by atoms with Crippen LogP contribution in [0.1, 0.15) is 11.1 Å². The summed E-state index contributed by atoms with van der Waals surface area (Å²) in [6.45, 7) is 0.